The normalized spacial score (nSPS) is 18.3. The highest BCUT2D eigenvalue weighted by atomic mass is 35.6. The van der Waals surface area contributed by atoms with E-state index in [-0.39, 0.29) is 12.7 Å². The van der Waals surface area contributed by atoms with Gasteiger partial charge in [-0.2, -0.15) is 0 Å². The molecule has 7 nitrogen and oxygen atoms in total. The number of nitrogens with one attached hydrogen (secondary N) is 2. The molecule has 1 amide bonds. The first kappa shape index (κ1) is 20.5. The molecule has 148 valence electrons. The van der Waals surface area contributed by atoms with Gasteiger partial charge >= 0.3 is 6.09 Å². The molecule has 0 bridgehead atoms. The molecule has 1 aliphatic heterocycles. The zero-order valence-corrected chi connectivity index (χ0v) is 17.4. The monoisotopic (exact) mass is 453 g/mol. The Labute approximate surface area is 175 Å². The molecule has 2 aromatic rings. The van der Waals surface area contributed by atoms with Crippen molar-refractivity contribution in [2.75, 3.05) is 25.6 Å². The zero-order chi connectivity index (χ0) is 19.4. The number of anilines is 1. The Morgan fingerprint density at radius 2 is 2.30 bits per heavy atom. The van der Waals surface area contributed by atoms with Crippen molar-refractivity contribution in [1.29, 1.82) is 0 Å². The number of aromatic nitrogens is 1. The molecular formula is C16H18Cl3N3O4S. The summed E-state index contributed by atoms with van der Waals surface area (Å²) in [6.07, 6.45) is -0.0291. The number of carbonyl (C=O) groups is 1. The van der Waals surface area contributed by atoms with Gasteiger partial charge < -0.3 is 19.5 Å². The van der Waals surface area contributed by atoms with Crippen LogP contribution < -0.4 is 15.4 Å². The van der Waals surface area contributed by atoms with Crippen molar-refractivity contribution in [2.45, 2.75) is 28.9 Å². The number of rotatable bonds is 6. The summed E-state index contributed by atoms with van der Waals surface area (Å²) in [6.45, 7) is 0.829. The van der Waals surface area contributed by atoms with Gasteiger partial charge in [-0.15, -0.1) is 0 Å². The molecule has 0 spiro atoms. The Morgan fingerprint density at radius 3 is 2.96 bits per heavy atom. The minimum atomic E-state index is -1.82. The highest BCUT2D eigenvalue weighted by molar-refractivity contribution is 7.22. The maximum atomic E-state index is 12.1. The summed E-state index contributed by atoms with van der Waals surface area (Å²) in [5.41, 5.74) is 0.757. The van der Waals surface area contributed by atoms with Crippen LogP contribution in [0.15, 0.2) is 18.2 Å². The molecule has 2 N–H and O–H groups in total. The first-order valence-electron chi connectivity index (χ1n) is 8.18. The number of methoxy groups -OCH3 is 1. The number of thiazole rings is 1. The SMILES string of the molecule is COc1ccc2nc(N[C@@H](NC(=O)OC[C@@H]3CCCO3)C(Cl)(Cl)Cl)sc2c1. The molecule has 3 rings (SSSR count). The molecule has 1 aromatic heterocycles. The Hall–Kier alpha value is -1.19. The maximum absolute atomic E-state index is 12.1. The summed E-state index contributed by atoms with van der Waals surface area (Å²) < 4.78 is 14.8. The predicted octanol–water partition coefficient (Wildman–Crippen LogP) is 4.32. The summed E-state index contributed by atoms with van der Waals surface area (Å²) in [5, 5.41) is 5.93. The highest BCUT2D eigenvalue weighted by Crippen LogP contribution is 2.34. The first-order chi connectivity index (χ1) is 12.8. The topological polar surface area (TPSA) is 81.7 Å². The molecule has 2 heterocycles. The van der Waals surface area contributed by atoms with Crippen LogP contribution in [0.4, 0.5) is 9.93 Å². The van der Waals surface area contributed by atoms with Gasteiger partial charge in [0.05, 0.1) is 23.4 Å². The van der Waals surface area contributed by atoms with E-state index in [9.17, 15) is 4.79 Å². The second-order valence-corrected chi connectivity index (χ2v) is 9.25. The van der Waals surface area contributed by atoms with Gasteiger partial charge in [-0.3, -0.25) is 5.32 Å². The lowest BCUT2D eigenvalue weighted by Gasteiger charge is -2.26. The van der Waals surface area contributed by atoms with Gasteiger partial charge in [0.2, 0.25) is 3.79 Å². The quantitative estimate of drug-likeness (QED) is 0.500. The fourth-order valence-corrected chi connectivity index (χ4v) is 3.77. The third-order valence-electron chi connectivity index (χ3n) is 3.88. The van der Waals surface area contributed by atoms with Crippen molar-refractivity contribution in [1.82, 2.24) is 10.3 Å². The molecule has 0 aliphatic carbocycles. The van der Waals surface area contributed by atoms with Crippen molar-refractivity contribution < 1.29 is 19.0 Å². The van der Waals surface area contributed by atoms with E-state index < -0.39 is 16.1 Å². The summed E-state index contributed by atoms with van der Waals surface area (Å²) in [5.74, 6) is 0.714. The number of benzene rings is 1. The van der Waals surface area contributed by atoms with Crippen LogP contribution in [0.25, 0.3) is 10.2 Å². The van der Waals surface area contributed by atoms with Crippen LogP contribution in [0.2, 0.25) is 0 Å². The van der Waals surface area contributed by atoms with Gasteiger partial charge in [-0.05, 0) is 31.0 Å². The Morgan fingerprint density at radius 1 is 1.48 bits per heavy atom. The summed E-state index contributed by atoms with van der Waals surface area (Å²) in [7, 11) is 1.59. The van der Waals surface area contributed by atoms with Crippen LogP contribution in [0, 0.1) is 0 Å². The number of alkyl carbamates (subject to hydrolysis) is 1. The number of alkyl halides is 3. The molecule has 0 radical (unpaired) electrons. The molecule has 1 aliphatic rings. The Kier molecular flexibility index (Phi) is 6.75. The number of amides is 1. The van der Waals surface area contributed by atoms with Crippen LogP contribution in [0.1, 0.15) is 12.8 Å². The standard InChI is InChI=1S/C16H18Cl3N3O4S/c1-24-9-4-5-11-12(7-9)27-14(20-11)21-13(16(17,18)19)22-15(23)26-8-10-3-2-6-25-10/h4-5,7,10,13H,2-3,6,8H2,1H3,(H,20,21)(H,22,23)/t10-,13-/m0/s1. The van der Waals surface area contributed by atoms with E-state index in [1.54, 1.807) is 13.2 Å². The average molecular weight is 455 g/mol. The number of ether oxygens (including phenoxy) is 3. The van der Waals surface area contributed by atoms with E-state index in [1.807, 2.05) is 12.1 Å². The number of hydrogen-bond acceptors (Lipinski definition) is 7. The van der Waals surface area contributed by atoms with Crippen LogP contribution >= 0.6 is 46.1 Å². The van der Waals surface area contributed by atoms with Crippen molar-refractivity contribution in [2.24, 2.45) is 0 Å². The molecule has 1 aromatic carbocycles. The molecule has 0 unspecified atom stereocenters. The lowest BCUT2D eigenvalue weighted by Crippen LogP contribution is -2.49. The van der Waals surface area contributed by atoms with Crippen molar-refractivity contribution in [3.63, 3.8) is 0 Å². The number of hydrogen-bond donors (Lipinski definition) is 2. The fraction of sp³-hybridized carbons (Fsp3) is 0.500. The summed E-state index contributed by atoms with van der Waals surface area (Å²) in [4.78, 5) is 16.5. The largest absolute Gasteiger partial charge is 0.497 e. The van der Waals surface area contributed by atoms with E-state index in [0.29, 0.717) is 17.5 Å². The maximum Gasteiger partial charge on any atom is 0.408 e. The van der Waals surface area contributed by atoms with Crippen LogP contribution in [0.3, 0.4) is 0 Å². The highest BCUT2D eigenvalue weighted by Gasteiger charge is 2.35. The van der Waals surface area contributed by atoms with Crippen molar-refractivity contribution in [3.8, 4) is 5.75 Å². The lowest BCUT2D eigenvalue weighted by molar-refractivity contribution is 0.0432. The third kappa shape index (κ3) is 5.65. The van der Waals surface area contributed by atoms with Gasteiger partial charge in [0.1, 0.15) is 12.4 Å². The molecule has 0 saturated carbocycles. The van der Waals surface area contributed by atoms with E-state index in [4.69, 9.17) is 49.0 Å². The third-order valence-corrected chi connectivity index (χ3v) is 5.48. The molecule has 11 heteroatoms. The summed E-state index contributed by atoms with van der Waals surface area (Å²) in [6, 6.07) is 5.48. The molecule has 1 fully saturated rings. The zero-order valence-electron chi connectivity index (χ0n) is 14.3. The van der Waals surface area contributed by atoms with Gasteiger partial charge in [0, 0.05) is 6.61 Å². The van der Waals surface area contributed by atoms with Gasteiger partial charge in [0.25, 0.3) is 0 Å². The first-order valence-corrected chi connectivity index (χ1v) is 10.1. The van der Waals surface area contributed by atoms with Crippen LogP contribution in [-0.4, -0.2) is 47.5 Å². The number of fused-ring (bicyclic) bond motifs is 1. The van der Waals surface area contributed by atoms with E-state index in [2.05, 4.69) is 15.6 Å². The predicted molar refractivity (Wildman–Crippen MR) is 107 cm³/mol. The lowest BCUT2D eigenvalue weighted by atomic mass is 10.2. The van der Waals surface area contributed by atoms with E-state index in [1.165, 1.54) is 11.3 Å². The minimum Gasteiger partial charge on any atom is -0.497 e. The van der Waals surface area contributed by atoms with Gasteiger partial charge in [-0.25, -0.2) is 9.78 Å². The second kappa shape index (κ2) is 8.87. The molecular weight excluding hydrogens is 437 g/mol. The second-order valence-electron chi connectivity index (χ2n) is 5.85. The smallest absolute Gasteiger partial charge is 0.408 e. The van der Waals surface area contributed by atoms with E-state index in [0.717, 1.165) is 23.1 Å². The summed E-state index contributed by atoms with van der Waals surface area (Å²) >= 11 is 19.3. The number of nitrogens with zero attached hydrogens (tertiary/aromatic N) is 1. The van der Waals surface area contributed by atoms with Crippen molar-refractivity contribution in [3.05, 3.63) is 18.2 Å². The molecule has 2 atom stereocenters. The van der Waals surface area contributed by atoms with Crippen LogP contribution in [0.5, 0.6) is 5.75 Å². The Balaban J connectivity index is 1.65. The number of halogens is 3. The van der Waals surface area contributed by atoms with Crippen molar-refractivity contribution >= 4 is 67.6 Å². The van der Waals surface area contributed by atoms with E-state index >= 15 is 0 Å². The number of carbonyl (C=O) groups excluding carboxylic acids is 1. The average Bonchev–Trinajstić information content (AvgIpc) is 3.27. The fourth-order valence-electron chi connectivity index (χ4n) is 2.52. The van der Waals surface area contributed by atoms with Gasteiger partial charge in [0.15, 0.2) is 11.3 Å². The molecule has 1 saturated heterocycles. The molecule has 27 heavy (non-hydrogen) atoms. The minimum absolute atomic E-state index is 0.0887. The van der Waals surface area contributed by atoms with Crippen LogP contribution in [-0.2, 0) is 9.47 Å². The Bertz CT molecular complexity index is 793. The van der Waals surface area contributed by atoms with Gasteiger partial charge in [-0.1, -0.05) is 46.1 Å².